The van der Waals surface area contributed by atoms with E-state index in [1.165, 1.54) is 0 Å². The van der Waals surface area contributed by atoms with E-state index in [2.05, 4.69) is 15.0 Å². The molecule has 0 spiro atoms. The van der Waals surface area contributed by atoms with E-state index in [1.54, 1.807) is 24.8 Å². The van der Waals surface area contributed by atoms with Crippen molar-refractivity contribution in [3.8, 4) is 11.6 Å². The fourth-order valence-corrected chi connectivity index (χ4v) is 3.63. The predicted octanol–water partition coefficient (Wildman–Crippen LogP) is 3.92. The van der Waals surface area contributed by atoms with Crippen molar-refractivity contribution < 1.29 is 9.53 Å². The van der Waals surface area contributed by atoms with Crippen molar-refractivity contribution in [2.45, 2.75) is 32.1 Å². The fourth-order valence-electron chi connectivity index (χ4n) is 3.63. The zero-order valence-corrected chi connectivity index (χ0v) is 16.5. The summed E-state index contributed by atoms with van der Waals surface area (Å²) in [6, 6.07) is 11.6. The average molecular weight is 388 g/mol. The molecular formula is C23H24N4O2. The number of ether oxygens (including phenoxy) is 1. The largest absolute Gasteiger partial charge is 0.437 e. The zero-order valence-electron chi connectivity index (χ0n) is 16.5. The molecule has 0 radical (unpaired) electrons. The molecule has 3 aromatic rings. The average Bonchev–Trinajstić information content (AvgIpc) is 2.76. The van der Waals surface area contributed by atoms with Gasteiger partial charge in [0.2, 0.25) is 11.8 Å². The number of benzene rings is 1. The number of hydrogen-bond donors (Lipinski definition) is 0. The Balaban J connectivity index is 1.44. The Morgan fingerprint density at radius 3 is 2.86 bits per heavy atom. The number of carbonyl (C=O) groups is 1. The van der Waals surface area contributed by atoms with Crippen molar-refractivity contribution in [2.24, 2.45) is 0 Å². The minimum atomic E-state index is 0.128. The Morgan fingerprint density at radius 1 is 1.14 bits per heavy atom. The van der Waals surface area contributed by atoms with Crippen LogP contribution in [-0.4, -0.2) is 38.8 Å². The maximum absolute atomic E-state index is 12.7. The number of nitrogens with zero attached hydrogens (tertiary/aromatic N) is 4. The number of piperidine rings is 1. The highest BCUT2D eigenvalue weighted by molar-refractivity contribution is 5.78. The highest BCUT2D eigenvalue weighted by atomic mass is 16.5. The number of pyridine rings is 1. The summed E-state index contributed by atoms with van der Waals surface area (Å²) in [4.78, 5) is 27.8. The number of amides is 1. The third-order valence-corrected chi connectivity index (χ3v) is 5.21. The summed E-state index contributed by atoms with van der Waals surface area (Å²) >= 11 is 0. The van der Waals surface area contributed by atoms with Gasteiger partial charge in [0.15, 0.2) is 0 Å². The second-order valence-corrected chi connectivity index (χ2v) is 7.37. The van der Waals surface area contributed by atoms with Crippen molar-refractivity contribution in [3.63, 3.8) is 0 Å². The number of likely N-dealkylation sites (tertiary alicyclic amines) is 1. The van der Waals surface area contributed by atoms with Gasteiger partial charge in [0.1, 0.15) is 5.75 Å². The van der Waals surface area contributed by atoms with Gasteiger partial charge in [-0.05, 0) is 43.0 Å². The number of carbonyl (C=O) groups excluding carboxylic acids is 1. The van der Waals surface area contributed by atoms with Gasteiger partial charge in [-0.3, -0.25) is 14.8 Å². The Hall–Kier alpha value is -3.28. The molecule has 6 heteroatoms. The van der Waals surface area contributed by atoms with E-state index in [-0.39, 0.29) is 11.8 Å². The lowest BCUT2D eigenvalue weighted by atomic mass is 9.94. The van der Waals surface area contributed by atoms with Crippen LogP contribution in [0, 0.1) is 6.92 Å². The van der Waals surface area contributed by atoms with Gasteiger partial charge in [-0.15, -0.1) is 0 Å². The van der Waals surface area contributed by atoms with Crippen LogP contribution in [0.1, 0.15) is 35.6 Å². The number of rotatable bonds is 5. The predicted molar refractivity (Wildman–Crippen MR) is 110 cm³/mol. The molecule has 2 aromatic heterocycles. The first-order valence-corrected chi connectivity index (χ1v) is 9.91. The van der Waals surface area contributed by atoms with Crippen LogP contribution in [0.5, 0.6) is 11.6 Å². The Kier molecular flexibility index (Phi) is 5.79. The first-order valence-electron chi connectivity index (χ1n) is 9.91. The SMILES string of the molecule is Cc1ccccc1Oc1cncc(C2CCCN(C(=O)Cc3cccnc3)C2)n1. The van der Waals surface area contributed by atoms with Gasteiger partial charge in [0.25, 0.3) is 0 Å². The van der Waals surface area contributed by atoms with E-state index in [1.807, 2.05) is 48.2 Å². The molecule has 1 atom stereocenters. The summed E-state index contributed by atoms with van der Waals surface area (Å²) in [6.07, 6.45) is 9.19. The van der Waals surface area contributed by atoms with Crippen molar-refractivity contribution in [3.05, 3.63) is 78.0 Å². The molecule has 1 aliphatic rings. The first kappa shape index (κ1) is 19.1. The molecule has 0 bridgehead atoms. The lowest BCUT2D eigenvalue weighted by Gasteiger charge is -2.32. The minimum absolute atomic E-state index is 0.128. The smallest absolute Gasteiger partial charge is 0.238 e. The van der Waals surface area contributed by atoms with Crippen molar-refractivity contribution in [2.75, 3.05) is 13.1 Å². The second kappa shape index (κ2) is 8.82. The van der Waals surface area contributed by atoms with Crippen molar-refractivity contribution >= 4 is 5.91 Å². The summed E-state index contributed by atoms with van der Waals surface area (Å²) in [6.45, 7) is 3.43. The van der Waals surface area contributed by atoms with E-state index in [0.29, 0.717) is 18.8 Å². The molecule has 0 N–H and O–H groups in total. The van der Waals surface area contributed by atoms with Crippen LogP contribution in [0.4, 0.5) is 0 Å². The third kappa shape index (κ3) is 4.77. The van der Waals surface area contributed by atoms with Crippen LogP contribution in [0.2, 0.25) is 0 Å². The monoisotopic (exact) mass is 388 g/mol. The van der Waals surface area contributed by atoms with Gasteiger partial charge >= 0.3 is 0 Å². The molecule has 4 rings (SSSR count). The van der Waals surface area contributed by atoms with Crippen LogP contribution in [0.3, 0.4) is 0 Å². The Bertz CT molecular complexity index is 977. The van der Waals surface area contributed by atoms with E-state index in [9.17, 15) is 4.79 Å². The maximum Gasteiger partial charge on any atom is 0.238 e. The molecule has 148 valence electrons. The van der Waals surface area contributed by atoms with Crippen LogP contribution in [0.25, 0.3) is 0 Å². The number of aryl methyl sites for hydroxylation is 1. The highest BCUT2D eigenvalue weighted by Crippen LogP contribution is 2.28. The van der Waals surface area contributed by atoms with Gasteiger partial charge in [0.05, 0.1) is 18.3 Å². The molecule has 1 saturated heterocycles. The molecule has 1 amide bonds. The van der Waals surface area contributed by atoms with Gasteiger partial charge in [-0.25, -0.2) is 4.98 Å². The quantitative estimate of drug-likeness (QED) is 0.663. The fraction of sp³-hybridized carbons (Fsp3) is 0.304. The van der Waals surface area contributed by atoms with Crippen molar-refractivity contribution in [1.29, 1.82) is 0 Å². The molecule has 1 aliphatic heterocycles. The van der Waals surface area contributed by atoms with E-state index >= 15 is 0 Å². The molecule has 1 fully saturated rings. The Morgan fingerprint density at radius 2 is 2.03 bits per heavy atom. The highest BCUT2D eigenvalue weighted by Gasteiger charge is 2.26. The molecule has 0 saturated carbocycles. The molecule has 1 unspecified atom stereocenters. The van der Waals surface area contributed by atoms with Crippen molar-refractivity contribution in [1.82, 2.24) is 19.9 Å². The third-order valence-electron chi connectivity index (χ3n) is 5.21. The topological polar surface area (TPSA) is 68.2 Å². The molecule has 3 heterocycles. The van der Waals surface area contributed by atoms with Crippen LogP contribution in [0.15, 0.2) is 61.2 Å². The first-order chi connectivity index (χ1) is 14.2. The normalized spacial score (nSPS) is 16.4. The molecule has 1 aromatic carbocycles. The van der Waals surface area contributed by atoms with Gasteiger partial charge in [-0.1, -0.05) is 24.3 Å². The molecule has 0 aliphatic carbocycles. The summed E-state index contributed by atoms with van der Waals surface area (Å²) in [5, 5.41) is 0. The number of hydrogen-bond acceptors (Lipinski definition) is 5. The van der Waals surface area contributed by atoms with E-state index in [0.717, 1.165) is 42.0 Å². The second-order valence-electron chi connectivity index (χ2n) is 7.37. The summed E-state index contributed by atoms with van der Waals surface area (Å²) in [5.74, 6) is 1.55. The van der Waals surface area contributed by atoms with Gasteiger partial charge < -0.3 is 9.64 Å². The van der Waals surface area contributed by atoms with E-state index in [4.69, 9.17) is 4.74 Å². The Labute approximate surface area is 170 Å². The lowest BCUT2D eigenvalue weighted by molar-refractivity contribution is -0.131. The standard InChI is InChI=1S/C23H24N4O2/c1-17-6-2-3-9-21(17)29-22-15-25-14-20(26-22)19-8-5-11-27(16-19)23(28)12-18-7-4-10-24-13-18/h2-4,6-7,9-10,13-15,19H,5,8,11-12,16H2,1H3. The molecular weight excluding hydrogens is 364 g/mol. The van der Waals surface area contributed by atoms with Gasteiger partial charge in [-0.2, -0.15) is 0 Å². The molecule has 29 heavy (non-hydrogen) atoms. The zero-order chi connectivity index (χ0) is 20.1. The van der Waals surface area contributed by atoms with Gasteiger partial charge in [0, 0.05) is 37.6 Å². The number of aromatic nitrogens is 3. The van der Waals surface area contributed by atoms with Crippen LogP contribution in [-0.2, 0) is 11.2 Å². The maximum atomic E-state index is 12.7. The summed E-state index contributed by atoms with van der Waals surface area (Å²) in [5.41, 5.74) is 2.85. The molecule has 6 nitrogen and oxygen atoms in total. The van der Waals surface area contributed by atoms with Crippen LogP contribution < -0.4 is 4.74 Å². The summed E-state index contributed by atoms with van der Waals surface area (Å²) < 4.78 is 5.93. The minimum Gasteiger partial charge on any atom is -0.437 e. The van der Waals surface area contributed by atoms with Crippen LogP contribution >= 0.6 is 0 Å². The summed E-state index contributed by atoms with van der Waals surface area (Å²) in [7, 11) is 0. The van der Waals surface area contributed by atoms with E-state index < -0.39 is 0 Å². The lowest BCUT2D eigenvalue weighted by Crippen LogP contribution is -2.40. The number of para-hydroxylation sites is 1.